The molecule has 0 bridgehead atoms. The molecule has 0 fully saturated rings. The van der Waals surface area contributed by atoms with E-state index in [1.807, 2.05) is 0 Å². The lowest BCUT2D eigenvalue weighted by atomic mass is 9.91. The molecule has 47 heavy (non-hydrogen) atoms. The van der Waals surface area contributed by atoms with Gasteiger partial charge in [0.25, 0.3) is 5.95 Å². The fraction of sp³-hybridized carbons (Fsp3) is 0.333. The molecule has 0 aliphatic carbocycles. The Labute approximate surface area is 261 Å². The number of tetrazole rings is 1. The van der Waals surface area contributed by atoms with E-state index in [0.717, 1.165) is 27.9 Å². The summed E-state index contributed by atoms with van der Waals surface area (Å²) >= 11 is 0. The van der Waals surface area contributed by atoms with Gasteiger partial charge in [-0.25, -0.2) is 0 Å². The molecule has 252 valence electrons. The molecule has 0 saturated heterocycles. The molecule has 8 nitrogen and oxygen atoms in total. The zero-order chi connectivity index (χ0) is 34.9. The fourth-order valence-corrected chi connectivity index (χ4v) is 4.92. The van der Waals surface area contributed by atoms with E-state index < -0.39 is 65.8 Å². The molecule has 0 radical (unpaired) electrons. The van der Waals surface area contributed by atoms with Crippen LogP contribution in [0.3, 0.4) is 0 Å². The van der Waals surface area contributed by atoms with Gasteiger partial charge in [0, 0.05) is 18.7 Å². The van der Waals surface area contributed by atoms with Crippen molar-refractivity contribution in [3.8, 4) is 16.9 Å². The van der Waals surface area contributed by atoms with Crippen LogP contribution in [-0.4, -0.2) is 38.4 Å². The molecular formula is C30H26F9N5O3. The summed E-state index contributed by atoms with van der Waals surface area (Å²) in [5.74, 6) is -1.69. The van der Waals surface area contributed by atoms with E-state index >= 15 is 0 Å². The van der Waals surface area contributed by atoms with Crippen molar-refractivity contribution in [1.29, 1.82) is 0 Å². The molecule has 0 aliphatic rings. The van der Waals surface area contributed by atoms with Crippen molar-refractivity contribution in [2.75, 3.05) is 12.0 Å². The van der Waals surface area contributed by atoms with E-state index in [-0.39, 0.29) is 40.9 Å². The van der Waals surface area contributed by atoms with Gasteiger partial charge >= 0.3 is 24.5 Å². The maximum atomic E-state index is 13.9. The van der Waals surface area contributed by atoms with E-state index in [2.05, 4.69) is 15.4 Å². The monoisotopic (exact) mass is 675 g/mol. The quantitative estimate of drug-likeness (QED) is 0.172. The SMILES string of the molecule is COc1ccc(C(C)CC(=O)O)cc1-c1ccc(C(F)(F)F)cc1CN(Cc1cc(C(F)(F)F)cc(C(F)(F)F)c1)c1nnn(C)n1. The molecule has 1 aromatic heterocycles. The van der Waals surface area contributed by atoms with Gasteiger partial charge in [0.1, 0.15) is 5.75 Å². The third-order valence-corrected chi connectivity index (χ3v) is 7.16. The number of ether oxygens (including phenoxy) is 1. The molecule has 1 atom stereocenters. The number of carboxylic acid groups (broad SMARTS) is 1. The molecule has 4 rings (SSSR count). The normalized spacial score (nSPS) is 13.0. The average molecular weight is 676 g/mol. The molecule has 0 spiro atoms. The number of methoxy groups -OCH3 is 1. The molecule has 4 aromatic rings. The second-order valence-corrected chi connectivity index (χ2v) is 10.7. The van der Waals surface area contributed by atoms with Crippen LogP contribution in [0.15, 0.2) is 54.6 Å². The Kier molecular flexibility index (Phi) is 9.78. The number of nitrogens with zero attached hydrogens (tertiary/aromatic N) is 5. The van der Waals surface area contributed by atoms with E-state index in [0.29, 0.717) is 17.7 Å². The van der Waals surface area contributed by atoms with Crippen LogP contribution in [-0.2, 0) is 43.5 Å². The number of hydrogen-bond donors (Lipinski definition) is 1. The Morgan fingerprint density at radius 3 is 1.98 bits per heavy atom. The first kappa shape index (κ1) is 35.0. The molecule has 1 unspecified atom stereocenters. The number of halogens is 9. The number of alkyl halides is 9. The summed E-state index contributed by atoms with van der Waals surface area (Å²) in [7, 11) is 2.65. The van der Waals surface area contributed by atoms with Crippen LogP contribution in [0.2, 0.25) is 0 Å². The van der Waals surface area contributed by atoms with Gasteiger partial charge in [-0.2, -0.15) is 44.3 Å². The summed E-state index contributed by atoms with van der Waals surface area (Å²) in [6.07, 6.45) is -15.4. The highest BCUT2D eigenvalue weighted by atomic mass is 19.4. The van der Waals surface area contributed by atoms with E-state index in [9.17, 15) is 49.4 Å². The molecule has 1 N–H and O–H groups in total. The molecule has 1 heterocycles. The second kappa shape index (κ2) is 13.1. The summed E-state index contributed by atoms with van der Waals surface area (Å²) in [5, 5.41) is 20.7. The number of benzene rings is 3. The highest BCUT2D eigenvalue weighted by molar-refractivity contribution is 5.75. The lowest BCUT2D eigenvalue weighted by Gasteiger charge is -2.25. The second-order valence-electron chi connectivity index (χ2n) is 10.7. The van der Waals surface area contributed by atoms with Crippen molar-refractivity contribution in [2.24, 2.45) is 7.05 Å². The van der Waals surface area contributed by atoms with Crippen LogP contribution in [0.1, 0.15) is 52.6 Å². The number of aryl methyl sites for hydroxylation is 1. The number of hydrogen-bond acceptors (Lipinski definition) is 6. The zero-order valence-corrected chi connectivity index (χ0v) is 24.8. The van der Waals surface area contributed by atoms with Crippen molar-refractivity contribution in [2.45, 2.75) is 50.9 Å². The topological polar surface area (TPSA) is 93.4 Å². The minimum Gasteiger partial charge on any atom is -0.496 e. The van der Waals surface area contributed by atoms with Gasteiger partial charge in [-0.15, -0.1) is 5.10 Å². The van der Waals surface area contributed by atoms with E-state index in [1.54, 1.807) is 19.1 Å². The van der Waals surface area contributed by atoms with Crippen LogP contribution in [0.25, 0.3) is 11.1 Å². The van der Waals surface area contributed by atoms with Gasteiger partial charge in [-0.05, 0) is 75.8 Å². The molecule has 17 heteroatoms. The van der Waals surface area contributed by atoms with Crippen molar-refractivity contribution in [3.63, 3.8) is 0 Å². The number of anilines is 1. The van der Waals surface area contributed by atoms with Gasteiger partial charge in [-0.1, -0.05) is 24.2 Å². The maximum absolute atomic E-state index is 13.9. The third kappa shape index (κ3) is 8.51. The predicted octanol–water partition coefficient (Wildman–Crippen LogP) is 7.73. The predicted molar refractivity (Wildman–Crippen MR) is 149 cm³/mol. The average Bonchev–Trinajstić information content (AvgIpc) is 3.40. The Hall–Kier alpha value is -4.83. The first-order valence-electron chi connectivity index (χ1n) is 13.6. The zero-order valence-electron chi connectivity index (χ0n) is 24.8. The van der Waals surface area contributed by atoms with Crippen LogP contribution >= 0.6 is 0 Å². The minimum atomic E-state index is -5.14. The molecule has 3 aromatic carbocycles. The lowest BCUT2D eigenvalue weighted by Crippen LogP contribution is -2.25. The van der Waals surface area contributed by atoms with Crippen LogP contribution in [0.4, 0.5) is 45.5 Å². The van der Waals surface area contributed by atoms with Crippen molar-refractivity contribution >= 4 is 11.9 Å². The first-order chi connectivity index (χ1) is 21.8. The standard InChI is InChI=1S/C30H26F9N5O3/c1-16(8-26(45)46)18-4-7-25(47-3)24(12-18)23-6-5-20(28(31,32)33)11-19(23)15-44(27-40-42-43(2)41-27)14-17-9-21(29(34,35)36)13-22(10-17)30(37,38)39/h4-7,9-13,16H,8,14-15H2,1-3H3,(H,45,46). The van der Waals surface area contributed by atoms with Gasteiger partial charge in [0.05, 0.1) is 37.3 Å². The summed E-state index contributed by atoms with van der Waals surface area (Å²) in [6, 6.07) is 8.36. The van der Waals surface area contributed by atoms with Crippen molar-refractivity contribution in [1.82, 2.24) is 20.2 Å². The smallest absolute Gasteiger partial charge is 0.416 e. The number of aromatic nitrogens is 4. The number of carbonyl (C=O) groups is 1. The molecule has 0 amide bonds. The summed E-state index contributed by atoms with van der Waals surface area (Å²) in [5.41, 5.74) is -3.85. The molecule has 0 saturated carbocycles. The van der Waals surface area contributed by atoms with Crippen LogP contribution in [0.5, 0.6) is 5.75 Å². The minimum absolute atomic E-state index is 0.0378. The number of aliphatic carboxylic acids is 1. The molecule has 0 aliphatic heterocycles. The van der Waals surface area contributed by atoms with Crippen molar-refractivity contribution in [3.05, 3.63) is 88.0 Å². The van der Waals surface area contributed by atoms with E-state index in [1.165, 1.54) is 20.2 Å². The fourth-order valence-electron chi connectivity index (χ4n) is 4.92. The van der Waals surface area contributed by atoms with Crippen LogP contribution < -0.4 is 9.64 Å². The highest BCUT2D eigenvalue weighted by Crippen LogP contribution is 2.40. The summed E-state index contributed by atoms with van der Waals surface area (Å²) in [6.45, 7) is 0.404. The molecular weight excluding hydrogens is 649 g/mol. The summed E-state index contributed by atoms with van der Waals surface area (Å²) < 4.78 is 129. The Morgan fingerprint density at radius 2 is 1.47 bits per heavy atom. The maximum Gasteiger partial charge on any atom is 0.416 e. The Bertz CT molecular complexity index is 1720. The third-order valence-electron chi connectivity index (χ3n) is 7.16. The Balaban J connectivity index is 1.90. The lowest BCUT2D eigenvalue weighted by molar-refractivity contribution is -0.143. The van der Waals surface area contributed by atoms with Gasteiger partial charge in [0.2, 0.25) is 0 Å². The van der Waals surface area contributed by atoms with Crippen molar-refractivity contribution < 1.29 is 54.2 Å². The van der Waals surface area contributed by atoms with Gasteiger partial charge < -0.3 is 14.7 Å². The van der Waals surface area contributed by atoms with Gasteiger partial charge in [0.15, 0.2) is 0 Å². The summed E-state index contributed by atoms with van der Waals surface area (Å²) in [4.78, 5) is 13.4. The van der Waals surface area contributed by atoms with E-state index in [4.69, 9.17) is 4.74 Å². The Morgan fingerprint density at radius 1 is 0.851 bits per heavy atom. The number of carboxylic acids is 1. The largest absolute Gasteiger partial charge is 0.496 e. The van der Waals surface area contributed by atoms with Gasteiger partial charge in [-0.3, -0.25) is 4.79 Å². The first-order valence-corrected chi connectivity index (χ1v) is 13.6. The highest BCUT2D eigenvalue weighted by Gasteiger charge is 2.37. The van der Waals surface area contributed by atoms with Crippen LogP contribution in [0, 0.1) is 0 Å². The number of rotatable bonds is 10.